The van der Waals surface area contributed by atoms with Gasteiger partial charge in [0.15, 0.2) is 5.13 Å². The van der Waals surface area contributed by atoms with Gasteiger partial charge < -0.3 is 10.2 Å². The molecule has 0 saturated carbocycles. The summed E-state index contributed by atoms with van der Waals surface area (Å²) in [5.41, 5.74) is 1.34. The summed E-state index contributed by atoms with van der Waals surface area (Å²) in [4.78, 5) is 9.05. The number of nitrogens with one attached hydrogen (secondary N) is 1. The summed E-state index contributed by atoms with van der Waals surface area (Å²) in [7, 11) is 0. The topological polar surface area (TPSA) is 28.2 Å². The molecule has 2 atom stereocenters. The van der Waals surface area contributed by atoms with Crippen LogP contribution in [-0.4, -0.2) is 24.1 Å². The molecule has 1 aliphatic heterocycles. The molecule has 0 aromatic carbocycles. The normalized spacial score (nSPS) is 20.2. The van der Waals surface area contributed by atoms with Gasteiger partial charge >= 0.3 is 0 Å². The van der Waals surface area contributed by atoms with Crippen molar-refractivity contribution < 1.29 is 0 Å². The first-order chi connectivity index (χ1) is 10.2. The largest absolute Gasteiger partial charge is 0.345 e. The Balaban J connectivity index is 2.18. The lowest BCUT2D eigenvalue weighted by molar-refractivity contribution is 0.638. The Bertz CT molecular complexity index is 430. The summed E-state index contributed by atoms with van der Waals surface area (Å²) in [6, 6.07) is 0.706. The fourth-order valence-corrected chi connectivity index (χ4v) is 4.32. The van der Waals surface area contributed by atoms with Gasteiger partial charge in [-0.15, -0.1) is 11.3 Å². The van der Waals surface area contributed by atoms with Crippen molar-refractivity contribution in [2.24, 2.45) is 0 Å². The van der Waals surface area contributed by atoms with Crippen molar-refractivity contribution >= 4 is 16.5 Å². The van der Waals surface area contributed by atoms with Gasteiger partial charge in [0.1, 0.15) is 0 Å². The predicted molar refractivity (Wildman–Crippen MR) is 93.5 cm³/mol. The molecule has 21 heavy (non-hydrogen) atoms. The van der Waals surface area contributed by atoms with Crippen LogP contribution in [0, 0.1) is 0 Å². The second kappa shape index (κ2) is 8.14. The summed E-state index contributed by atoms with van der Waals surface area (Å²) < 4.78 is 0. The van der Waals surface area contributed by atoms with E-state index in [-0.39, 0.29) is 0 Å². The molecule has 2 unspecified atom stereocenters. The molecule has 1 aromatic heterocycles. The zero-order valence-electron chi connectivity index (χ0n) is 14.1. The molecular weight excluding hydrogens is 278 g/mol. The number of aromatic nitrogens is 1. The van der Waals surface area contributed by atoms with Gasteiger partial charge in [-0.05, 0) is 44.6 Å². The van der Waals surface area contributed by atoms with E-state index in [1.165, 1.54) is 54.4 Å². The predicted octanol–water partition coefficient (Wildman–Crippen LogP) is 4.54. The van der Waals surface area contributed by atoms with Crippen LogP contribution in [0.4, 0.5) is 5.13 Å². The highest BCUT2D eigenvalue weighted by Crippen LogP contribution is 2.36. The van der Waals surface area contributed by atoms with E-state index in [1.54, 1.807) is 0 Å². The van der Waals surface area contributed by atoms with Crippen LogP contribution in [0.1, 0.15) is 76.3 Å². The summed E-state index contributed by atoms with van der Waals surface area (Å²) in [6.07, 6.45) is 6.25. The van der Waals surface area contributed by atoms with Gasteiger partial charge in [-0.3, -0.25) is 0 Å². The minimum atomic E-state index is 0.566. The van der Waals surface area contributed by atoms with Crippen LogP contribution >= 0.6 is 11.3 Å². The van der Waals surface area contributed by atoms with Crippen LogP contribution in [0.25, 0.3) is 0 Å². The summed E-state index contributed by atoms with van der Waals surface area (Å²) in [6.45, 7) is 12.4. The second-order valence-electron chi connectivity index (χ2n) is 6.19. The highest BCUT2D eigenvalue weighted by molar-refractivity contribution is 7.15. The van der Waals surface area contributed by atoms with Gasteiger partial charge in [0.05, 0.1) is 5.69 Å². The Kier molecular flexibility index (Phi) is 6.49. The first-order valence-corrected chi connectivity index (χ1v) is 9.49. The van der Waals surface area contributed by atoms with Gasteiger partial charge in [-0.1, -0.05) is 27.7 Å². The zero-order chi connectivity index (χ0) is 15.2. The van der Waals surface area contributed by atoms with E-state index < -0.39 is 0 Å². The highest BCUT2D eigenvalue weighted by Gasteiger charge is 2.27. The molecule has 3 nitrogen and oxygen atoms in total. The molecule has 0 amide bonds. The lowest BCUT2D eigenvalue weighted by Crippen LogP contribution is -2.28. The van der Waals surface area contributed by atoms with Crippen LogP contribution in [0.3, 0.4) is 0 Å². The number of hydrogen-bond donors (Lipinski definition) is 1. The van der Waals surface area contributed by atoms with E-state index in [4.69, 9.17) is 4.98 Å². The van der Waals surface area contributed by atoms with Gasteiger partial charge in [-0.25, -0.2) is 4.98 Å². The van der Waals surface area contributed by atoms with Gasteiger partial charge in [0.2, 0.25) is 0 Å². The van der Waals surface area contributed by atoms with E-state index in [2.05, 4.69) is 37.9 Å². The van der Waals surface area contributed by atoms with Crippen LogP contribution in [0.5, 0.6) is 0 Å². The summed E-state index contributed by atoms with van der Waals surface area (Å²) >= 11 is 1.92. The van der Waals surface area contributed by atoms with Gasteiger partial charge in [-0.2, -0.15) is 0 Å². The average Bonchev–Trinajstić information content (AvgIpc) is 3.12. The minimum Gasteiger partial charge on any atom is -0.345 e. The zero-order valence-corrected chi connectivity index (χ0v) is 14.9. The molecule has 0 spiro atoms. The van der Waals surface area contributed by atoms with Crippen LogP contribution in [0.15, 0.2) is 0 Å². The fourth-order valence-electron chi connectivity index (χ4n) is 3.07. The number of rotatable bonds is 8. The molecule has 2 heterocycles. The molecule has 1 saturated heterocycles. The third-order valence-corrected chi connectivity index (χ3v) is 5.71. The Labute approximate surface area is 134 Å². The second-order valence-corrected chi connectivity index (χ2v) is 7.25. The Hall–Kier alpha value is -0.610. The standard InChI is InChI=1S/C17H31N3S/c1-5-10-18-12-15-16(13(4)6-2)19-17(21-15)20-11-8-9-14(20)7-3/h13-14,18H,5-12H2,1-4H3. The van der Waals surface area contributed by atoms with Crippen LogP contribution < -0.4 is 10.2 Å². The molecule has 1 N–H and O–H groups in total. The van der Waals surface area contributed by atoms with Crippen LogP contribution in [-0.2, 0) is 6.54 Å². The molecule has 4 heteroatoms. The third kappa shape index (κ3) is 3.98. The molecular formula is C17H31N3S. The maximum atomic E-state index is 5.04. The number of nitrogens with zero attached hydrogens (tertiary/aromatic N) is 2. The first kappa shape index (κ1) is 16.8. The van der Waals surface area contributed by atoms with Crippen molar-refractivity contribution in [2.45, 2.75) is 78.3 Å². The SMILES string of the molecule is CCCNCc1sc(N2CCCC2CC)nc1C(C)CC. The monoisotopic (exact) mass is 309 g/mol. The van der Waals surface area contributed by atoms with E-state index in [1.807, 2.05) is 11.3 Å². The van der Waals surface area contributed by atoms with Gasteiger partial charge in [0.25, 0.3) is 0 Å². The van der Waals surface area contributed by atoms with Crippen molar-refractivity contribution in [3.63, 3.8) is 0 Å². The molecule has 1 fully saturated rings. The molecule has 1 aromatic rings. The summed E-state index contributed by atoms with van der Waals surface area (Å²) in [5, 5.41) is 4.82. The molecule has 0 aliphatic carbocycles. The van der Waals surface area contributed by atoms with Crippen LogP contribution in [0.2, 0.25) is 0 Å². The Morgan fingerprint density at radius 2 is 2.19 bits per heavy atom. The minimum absolute atomic E-state index is 0.566. The smallest absolute Gasteiger partial charge is 0.186 e. The fraction of sp³-hybridized carbons (Fsp3) is 0.824. The van der Waals surface area contributed by atoms with Crippen molar-refractivity contribution in [3.8, 4) is 0 Å². The molecule has 2 rings (SSSR count). The molecule has 120 valence electrons. The Morgan fingerprint density at radius 1 is 1.38 bits per heavy atom. The maximum absolute atomic E-state index is 5.04. The third-order valence-electron chi connectivity index (χ3n) is 4.60. The quantitative estimate of drug-likeness (QED) is 0.715. The average molecular weight is 310 g/mol. The number of thiazole rings is 1. The highest BCUT2D eigenvalue weighted by atomic mass is 32.1. The van der Waals surface area contributed by atoms with Crippen molar-refractivity contribution in [2.75, 3.05) is 18.0 Å². The van der Waals surface area contributed by atoms with Crippen molar-refractivity contribution in [1.29, 1.82) is 0 Å². The van der Waals surface area contributed by atoms with Crippen molar-refractivity contribution in [3.05, 3.63) is 10.6 Å². The lowest BCUT2D eigenvalue weighted by Gasteiger charge is -2.22. The Morgan fingerprint density at radius 3 is 2.86 bits per heavy atom. The maximum Gasteiger partial charge on any atom is 0.186 e. The summed E-state index contributed by atoms with van der Waals surface area (Å²) in [5.74, 6) is 0.566. The van der Waals surface area contributed by atoms with Gasteiger partial charge in [0, 0.05) is 24.0 Å². The van der Waals surface area contributed by atoms with Crippen molar-refractivity contribution in [1.82, 2.24) is 10.3 Å². The van der Waals surface area contributed by atoms with E-state index in [0.717, 1.165) is 13.1 Å². The number of anilines is 1. The molecule has 0 bridgehead atoms. The first-order valence-electron chi connectivity index (χ1n) is 8.68. The lowest BCUT2D eigenvalue weighted by atomic mass is 10.0. The van der Waals surface area contributed by atoms with E-state index in [9.17, 15) is 0 Å². The van der Waals surface area contributed by atoms with E-state index >= 15 is 0 Å². The molecule has 0 radical (unpaired) electrons. The number of hydrogen-bond acceptors (Lipinski definition) is 4. The molecule has 1 aliphatic rings. The van der Waals surface area contributed by atoms with E-state index in [0.29, 0.717) is 12.0 Å².